The smallest absolute Gasteiger partial charge is 0.0761 e. The minimum Gasteiger partial charge on any atom is -0.371 e. The number of hydrogen-bond donors (Lipinski definition) is 0. The Balaban J connectivity index is 2.19. The molecule has 9 heavy (non-hydrogen) atoms. The van der Waals surface area contributed by atoms with E-state index >= 15 is 0 Å². The lowest BCUT2D eigenvalue weighted by molar-refractivity contribution is -0.0146. The highest BCUT2D eigenvalue weighted by molar-refractivity contribution is 6.23. The molecular weight excluding hydrogens is 136 g/mol. The van der Waals surface area contributed by atoms with Crippen LogP contribution in [0.4, 0.5) is 0 Å². The van der Waals surface area contributed by atoms with Crippen molar-refractivity contribution in [3.63, 3.8) is 0 Å². The molecule has 1 rings (SSSR count). The van der Waals surface area contributed by atoms with Gasteiger partial charge >= 0.3 is 0 Å². The van der Waals surface area contributed by atoms with Gasteiger partial charge in [-0.3, -0.25) is 0 Å². The lowest BCUT2D eigenvalue weighted by atomic mass is 10.2. The number of rotatable bonds is 1. The Morgan fingerprint density at radius 1 is 1.44 bits per heavy atom. The molecule has 0 radical (unpaired) electrons. The summed E-state index contributed by atoms with van der Waals surface area (Å²) in [5.74, 6) is 0. The second-order valence-corrected chi connectivity index (χ2v) is 4.08. The Kier molecular flexibility index (Phi) is 1.75. The van der Waals surface area contributed by atoms with Gasteiger partial charge in [0, 0.05) is 0 Å². The van der Waals surface area contributed by atoms with Crippen molar-refractivity contribution in [2.45, 2.75) is 44.3 Å². The van der Waals surface area contributed by atoms with Gasteiger partial charge in [-0.1, -0.05) is 0 Å². The standard InChI is InChI=1S/C7H13ClO/c1-7(2,3)9-6-4-5(6)8/h5-6H,4H2,1-3H3. The van der Waals surface area contributed by atoms with Gasteiger partial charge in [-0.25, -0.2) is 0 Å². The van der Waals surface area contributed by atoms with Crippen molar-refractivity contribution in [2.75, 3.05) is 0 Å². The first-order valence-electron chi connectivity index (χ1n) is 3.31. The van der Waals surface area contributed by atoms with E-state index in [-0.39, 0.29) is 11.0 Å². The molecule has 1 aliphatic carbocycles. The zero-order chi connectivity index (χ0) is 7.07. The molecule has 0 N–H and O–H groups in total. The summed E-state index contributed by atoms with van der Waals surface area (Å²) in [5.41, 5.74) is -0.0195. The summed E-state index contributed by atoms with van der Waals surface area (Å²) < 4.78 is 5.53. The average molecular weight is 149 g/mol. The fourth-order valence-corrected chi connectivity index (χ4v) is 0.946. The van der Waals surface area contributed by atoms with Crippen molar-refractivity contribution in [1.29, 1.82) is 0 Å². The van der Waals surface area contributed by atoms with Crippen LogP contribution in [0.1, 0.15) is 27.2 Å². The summed E-state index contributed by atoms with van der Waals surface area (Å²) in [6.07, 6.45) is 1.35. The lowest BCUT2D eigenvalue weighted by Crippen LogP contribution is -2.21. The summed E-state index contributed by atoms with van der Waals surface area (Å²) in [7, 11) is 0. The van der Waals surface area contributed by atoms with Crippen molar-refractivity contribution in [3.05, 3.63) is 0 Å². The van der Waals surface area contributed by atoms with Crippen molar-refractivity contribution in [2.24, 2.45) is 0 Å². The quantitative estimate of drug-likeness (QED) is 0.518. The lowest BCUT2D eigenvalue weighted by Gasteiger charge is -2.18. The SMILES string of the molecule is CC(C)(C)OC1CC1Cl. The molecule has 2 unspecified atom stereocenters. The second-order valence-electron chi connectivity index (χ2n) is 3.52. The first kappa shape index (κ1) is 7.36. The van der Waals surface area contributed by atoms with E-state index in [1.165, 1.54) is 0 Å². The van der Waals surface area contributed by atoms with E-state index < -0.39 is 0 Å². The van der Waals surface area contributed by atoms with Crippen LogP contribution in [0.5, 0.6) is 0 Å². The van der Waals surface area contributed by atoms with Crippen LogP contribution in [0.15, 0.2) is 0 Å². The summed E-state index contributed by atoms with van der Waals surface area (Å²) >= 11 is 5.73. The normalized spacial score (nSPS) is 34.7. The van der Waals surface area contributed by atoms with E-state index in [2.05, 4.69) is 20.8 Å². The van der Waals surface area contributed by atoms with E-state index in [0.717, 1.165) is 6.42 Å². The molecule has 0 heterocycles. The van der Waals surface area contributed by atoms with E-state index in [9.17, 15) is 0 Å². The summed E-state index contributed by atoms with van der Waals surface area (Å²) in [6, 6.07) is 0. The molecule has 0 bridgehead atoms. The van der Waals surface area contributed by atoms with E-state index in [1.807, 2.05) is 0 Å². The molecule has 0 spiro atoms. The molecule has 1 saturated carbocycles. The summed E-state index contributed by atoms with van der Waals surface area (Å²) in [6.45, 7) is 6.15. The Labute approximate surface area is 61.3 Å². The van der Waals surface area contributed by atoms with Gasteiger partial charge in [0.15, 0.2) is 0 Å². The Hall–Kier alpha value is 0.250. The fraction of sp³-hybridized carbons (Fsp3) is 1.00. The molecule has 0 aromatic heterocycles. The van der Waals surface area contributed by atoms with E-state index in [0.29, 0.717) is 6.10 Å². The predicted molar refractivity (Wildman–Crippen MR) is 38.9 cm³/mol. The molecule has 1 fully saturated rings. The fourth-order valence-electron chi connectivity index (χ4n) is 0.719. The second kappa shape index (κ2) is 2.14. The molecule has 1 nitrogen and oxygen atoms in total. The minimum atomic E-state index is -0.0195. The first-order chi connectivity index (χ1) is 3.99. The molecule has 2 heteroatoms. The first-order valence-corrected chi connectivity index (χ1v) is 3.74. The highest BCUT2D eigenvalue weighted by atomic mass is 35.5. The summed E-state index contributed by atoms with van der Waals surface area (Å²) in [5, 5.41) is 0.282. The zero-order valence-electron chi connectivity index (χ0n) is 6.15. The van der Waals surface area contributed by atoms with Gasteiger partial charge in [0.25, 0.3) is 0 Å². The van der Waals surface area contributed by atoms with Crippen molar-refractivity contribution < 1.29 is 4.74 Å². The van der Waals surface area contributed by atoms with Crippen LogP contribution in [0, 0.1) is 0 Å². The number of halogens is 1. The Bertz CT molecular complexity index is 106. The number of alkyl halides is 1. The van der Waals surface area contributed by atoms with Crippen LogP contribution in [-0.2, 0) is 4.74 Å². The third-order valence-electron chi connectivity index (χ3n) is 1.16. The van der Waals surface area contributed by atoms with E-state index in [1.54, 1.807) is 0 Å². The van der Waals surface area contributed by atoms with Gasteiger partial charge in [0.1, 0.15) is 0 Å². The third kappa shape index (κ3) is 2.55. The molecule has 2 atom stereocenters. The van der Waals surface area contributed by atoms with Crippen LogP contribution in [0.2, 0.25) is 0 Å². The van der Waals surface area contributed by atoms with Crippen LogP contribution < -0.4 is 0 Å². The molecule has 0 aromatic carbocycles. The number of hydrogen-bond acceptors (Lipinski definition) is 1. The van der Waals surface area contributed by atoms with Crippen LogP contribution in [0.25, 0.3) is 0 Å². The van der Waals surface area contributed by atoms with Crippen molar-refractivity contribution in [3.8, 4) is 0 Å². The van der Waals surface area contributed by atoms with Gasteiger partial charge in [-0.2, -0.15) is 0 Å². The summed E-state index contributed by atoms with van der Waals surface area (Å²) in [4.78, 5) is 0. The van der Waals surface area contributed by atoms with Gasteiger partial charge in [0.2, 0.25) is 0 Å². The van der Waals surface area contributed by atoms with Gasteiger partial charge in [-0.05, 0) is 27.2 Å². The Morgan fingerprint density at radius 3 is 2.00 bits per heavy atom. The van der Waals surface area contributed by atoms with Crippen LogP contribution in [-0.4, -0.2) is 17.1 Å². The maximum Gasteiger partial charge on any atom is 0.0761 e. The minimum absolute atomic E-state index is 0.0195. The van der Waals surface area contributed by atoms with Crippen molar-refractivity contribution in [1.82, 2.24) is 0 Å². The van der Waals surface area contributed by atoms with Crippen molar-refractivity contribution >= 4 is 11.6 Å². The maximum atomic E-state index is 5.73. The average Bonchev–Trinajstić information content (AvgIpc) is 2.13. The molecule has 0 aliphatic heterocycles. The van der Waals surface area contributed by atoms with Gasteiger partial charge in [-0.15, -0.1) is 11.6 Å². The predicted octanol–water partition coefficient (Wildman–Crippen LogP) is 2.18. The van der Waals surface area contributed by atoms with Gasteiger partial charge < -0.3 is 4.74 Å². The molecule has 0 saturated heterocycles. The molecule has 1 aliphatic rings. The topological polar surface area (TPSA) is 9.23 Å². The molecular formula is C7H13ClO. The third-order valence-corrected chi connectivity index (χ3v) is 1.62. The molecule has 54 valence electrons. The highest BCUT2D eigenvalue weighted by Crippen LogP contribution is 2.34. The van der Waals surface area contributed by atoms with E-state index in [4.69, 9.17) is 16.3 Å². The molecule has 0 aromatic rings. The largest absolute Gasteiger partial charge is 0.371 e. The Morgan fingerprint density at radius 2 is 1.89 bits per heavy atom. The number of ether oxygens (including phenoxy) is 1. The zero-order valence-corrected chi connectivity index (χ0v) is 6.90. The van der Waals surface area contributed by atoms with Crippen LogP contribution >= 0.6 is 11.6 Å². The highest BCUT2D eigenvalue weighted by Gasteiger charge is 2.39. The molecule has 0 amide bonds. The monoisotopic (exact) mass is 148 g/mol. The van der Waals surface area contributed by atoms with Crippen LogP contribution in [0.3, 0.4) is 0 Å². The van der Waals surface area contributed by atoms with Gasteiger partial charge in [0.05, 0.1) is 17.1 Å². The maximum absolute atomic E-state index is 5.73.